The van der Waals surface area contributed by atoms with E-state index in [4.69, 9.17) is 9.47 Å². The molecule has 0 fully saturated rings. The van der Waals surface area contributed by atoms with Crippen molar-refractivity contribution in [1.29, 1.82) is 0 Å². The number of carbonyl (C=O) groups is 3. The van der Waals surface area contributed by atoms with Gasteiger partial charge in [-0.15, -0.1) is 0 Å². The van der Waals surface area contributed by atoms with Crippen molar-refractivity contribution in [3.05, 3.63) is 64.2 Å². The number of carbonyl (C=O) groups excluding carboxylic acids is 3. The van der Waals surface area contributed by atoms with E-state index in [0.717, 1.165) is 16.1 Å². The van der Waals surface area contributed by atoms with Gasteiger partial charge in [0.15, 0.2) is 6.73 Å². The lowest BCUT2D eigenvalue weighted by Gasteiger charge is -2.43. The Hall–Kier alpha value is -3.35. The molecule has 2 aromatic rings. The number of rotatable bonds is 6. The number of hydrogen-bond donors (Lipinski definition) is 0. The summed E-state index contributed by atoms with van der Waals surface area (Å²) in [4.78, 5) is 38.1. The Morgan fingerprint density at radius 3 is 2.13 bits per heavy atom. The molecule has 2 amide bonds. The molecule has 0 radical (unpaired) electrons. The lowest BCUT2D eigenvalue weighted by atomic mass is 10.0. The monoisotopic (exact) mass is 426 g/mol. The van der Waals surface area contributed by atoms with Crippen LogP contribution < -0.4 is 4.74 Å². The number of nitrogens with zero attached hydrogens (tertiary/aromatic N) is 2. The van der Waals surface area contributed by atoms with Crippen LogP contribution in [-0.4, -0.2) is 47.7 Å². The first-order valence-corrected chi connectivity index (χ1v) is 9.94. The number of amides is 2. The predicted molar refractivity (Wildman–Crippen MR) is 118 cm³/mol. The van der Waals surface area contributed by atoms with Gasteiger partial charge in [-0.05, 0) is 65.8 Å². The van der Waals surface area contributed by atoms with Crippen LogP contribution in [0.25, 0.3) is 0 Å². The van der Waals surface area contributed by atoms with E-state index in [9.17, 15) is 14.4 Å². The molecule has 0 bridgehead atoms. The summed E-state index contributed by atoms with van der Waals surface area (Å²) in [5.74, 6) is -0.307. The molecule has 31 heavy (non-hydrogen) atoms. The third kappa shape index (κ3) is 5.42. The van der Waals surface area contributed by atoms with E-state index in [2.05, 4.69) is 0 Å². The van der Waals surface area contributed by atoms with Gasteiger partial charge in [0.1, 0.15) is 5.75 Å². The minimum atomic E-state index is -0.788. The number of aryl methyl sites for hydroxylation is 2. The van der Waals surface area contributed by atoms with Crippen molar-refractivity contribution in [3.8, 4) is 5.75 Å². The highest BCUT2D eigenvalue weighted by atomic mass is 16.5. The third-order valence-corrected chi connectivity index (χ3v) is 4.77. The van der Waals surface area contributed by atoms with Crippen molar-refractivity contribution in [2.75, 3.05) is 13.8 Å². The summed E-state index contributed by atoms with van der Waals surface area (Å²) in [7, 11) is 1.52. The predicted octanol–water partition coefficient (Wildman–Crippen LogP) is 4.05. The molecule has 166 valence electrons. The van der Waals surface area contributed by atoms with Crippen LogP contribution in [0.5, 0.6) is 5.75 Å². The van der Waals surface area contributed by atoms with Crippen LogP contribution in [0.1, 0.15) is 58.2 Å². The lowest BCUT2D eigenvalue weighted by Crippen LogP contribution is -2.58. The van der Waals surface area contributed by atoms with Crippen molar-refractivity contribution in [1.82, 2.24) is 10.0 Å². The molecule has 0 aliphatic heterocycles. The van der Waals surface area contributed by atoms with E-state index >= 15 is 0 Å². The standard InChI is InChI=1S/C24H30N2O5/c1-16-11-17(2)13-19(12-16)22(28)26(24(4,5)6)25(14-31-15-27)23(29)20-9-8-10-21(30-7)18(20)3/h8-13,15H,14H2,1-7H3. The Bertz CT molecular complexity index is 958. The van der Waals surface area contributed by atoms with Crippen LogP contribution >= 0.6 is 0 Å². The minimum Gasteiger partial charge on any atom is -0.496 e. The Morgan fingerprint density at radius 2 is 1.61 bits per heavy atom. The number of benzene rings is 2. The second-order valence-electron chi connectivity index (χ2n) is 8.39. The van der Waals surface area contributed by atoms with Crippen LogP contribution in [0.2, 0.25) is 0 Å². The SMILES string of the molecule is COc1cccc(C(=O)N(COC=O)N(C(=O)c2cc(C)cc(C)c2)C(C)(C)C)c1C. The number of hydrogen-bond acceptors (Lipinski definition) is 5. The topological polar surface area (TPSA) is 76.2 Å². The molecule has 2 rings (SSSR count). The zero-order valence-corrected chi connectivity index (χ0v) is 19.2. The van der Waals surface area contributed by atoms with Crippen LogP contribution in [0.15, 0.2) is 36.4 Å². The molecule has 2 aromatic carbocycles. The third-order valence-electron chi connectivity index (χ3n) is 4.77. The van der Waals surface area contributed by atoms with Crippen molar-refractivity contribution in [2.24, 2.45) is 0 Å². The molecule has 0 saturated carbocycles. The molecular weight excluding hydrogens is 396 g/mol. The zero-order chi connectivity index (χ0) is 23.3. The van der Waals surface area contributed by atoms with Gasteiger partial charge < -0.3 is 9.47 Å². The van der Waals surface area contributed by atoms with E-state index < -0.39 is 18.2 Å². The molecule has 0 aromatic heterocycles. The summed E-state index contributed by atoms with van der Waals surface area (Å²) in [6.45, 7) is 10.9. The van der Waals surface area contributed by atoms with Crippen LogP contribution in [-0.2, 0) is 9.53 Å². The Balaban J connectivity index is 2.61. The maximum absolute atomic E-state index is 13.6. The summed E-state index contributed by atoms with van der Waals surface area (Å²) >= 11 is 0. The van der Waals surface area contributed by atoms with Crippen molar-refractivity contribution in [2.45, 2.75) is 47.1 Å². The molecule has 0 aliphatic rings. The highest BCUT2D eigenvalue weighted by Crippen LogP contribution is 2.27. The van der Waals surface area contributed by atoms with Gasteiger partial charge in [-0.2, -0.15) is 0 Å². The zero-order valence-electron chi connectivity index (χ0n) is 19.2. The van der Waals surface area contributed by atoms with E-state index in [-0.39, 0.29) is 12.4 Å². The molecule has 7 nitrogen and oxygen atoms in total. The highest BCUT2D eigenvalue weighted by molar-refractivity contribution is 6.00. The molecular formula is C24H30N2O5. The molecule has 0 unspecified atom stereocenters. The van der Waals surface area contributed by atoms with Crippen LogP contribution in [0.3, 0.4) is 0 Å². The largest absolute Gasteiger partial charge is 0.496 e. The first-order valence-electron chi connectivity index (χ1n) is 9.94. The fraction of sp³-hybridized carbons (Fsp3) is 0.375. The van der Waals surface area contributed by atoms with Gasteiger partial charge in [-0.3, -0.25) is 14.4 Å². The van der Waals surface area contributed by atoms with Crippen molar-refractivity contribution < 1.29 is 23.9 Å². The molecule has 0 atom stereocenters. The summed E-state index contributed by atoms with van der Waals surface area (Å²) in [6, 6.07) is 10.6. The summed E-state index contributed by atoms with van der Waals surface area (Å²) in [6.07, 6.45) is 0. The van der Waals surface area contributed by atoms with Crippen molar-refractivity contribution >= 4 is 18.3 Å². The molecule has 0 spiro atoms. The first kappa shape index (κ1) is 23.9. The van der Waals surface area contributed by atoms with Gasteiger partial charge in [0.05, 0.1) is 12.6 Å². The highest BCUT2D eigenvalue weighted by Gasteiger charge is 2.37. The maximum Gasteiger partial charge on any atom is 0.294 e. The smallest absolute Gasteiger partial charge is 0.294 e. The Kier molecular flexibility index (Phi) is 7.44. The fourth-order valence-corrected chi connectivity index (χ4v) is 3.51. The second-order valence-corrected chi connectivity index (χ2v) is 8.39. The lowest BCUT2D eigenvalue weighted by molar-refractivity contribution is -0.141. The maximum atomic E-state index is 13.6. The second kappa shape index (κ2) is 9.64. The van der Waals surface area contributed by atoms with E-state index in [1.165, 1.54) is 12.1 Å². The average Bonchev–Trinajstić information content (AvgIpc) is 2.68. The van der Waals surface area contributed by atoms with E-state index in [1.54, 1.807) is 37.3 Å². The molecule has 0 aliphatic carbocycles. The van der Waals surface area contributed by atoms with Gasteiger partial charge >= 0.3 is 0 Å². The number of methoxy groups -OCH3 is 1. The number of ether oxygens (including phenoxy) is 2. The summed E-state index contributed by atoms with van der Waals surface area (Å²) in [5.41, 5.74) is 2.49. The van der Waals surface area contributed by atoms with E-state index in [1.807, 2.05) is 40.7 Å². The molecule has 0 saturated heterocycles. The van der Waals surface area contributed by atoms with Gasteiger partial charge in [0.25, 0.3) is 18.3 Å². The average molecular weight is 427 g/mol. The van der Waals surface area contributed by atoms with Crippen LogP contribution in [0, 0.1) is 20.8 Å². The van der Waals surface area contributed by atoms with Crippen molar-refractivity contribution in [3.63, 3.8) is 0 Å². The minimum absolute atomic E-state index is 0.251. The molecule has 0 heterocycles. The summed E-state index contributed by atoms with van der Waals surface area (Å²) < 4.78 is 10.3. The van der Waals surface area contributed by atoms with Crippen LogP contribution in [0.4, 0.5) is 0 Å². The van der Waals surface area contributed by atoms with Gasteiger partial charge in [0.2, 0.25) is 0 Å². The Morgan fingerprint density at radius 1 is 1.00 bits per heavy atom. The summed E-state index contributed by atoms with van der Waals surface area (Å²) in [5, 5.41) is 2.50. The fourth-order valence-electron chi connectivity index (χ4n) is 3.51. The van der Waals surface area contributed by atoms with E-state index in [0.29, 0.717) is 22.4 Å². The normalized spacial score (nSPS) is 10.9. The quantitative estimate of drug-likeness (QED) is 0.396. The molecule has 0 N–H and O–H groups in total. The Labute approximate surface area is 183 Å². The number of hydrazine groups is 1. The molecule has 7 heteroatoms. The first-order chi connectivity index (χ1) is 14.5. The van der Waals surface area contributed by atoms with Gasteiger partial charge in [-0.1, -0.05) is 23.3 Å². The van der Waals surface area contributed by atoms with Gasteiger partial charge in [-0.25, -0.2) is 10.0 Å². The van der Waals surface area contributed by atoms with Gasteiger partial charge in [0, 0.05) is 16.7 Å².